The highest BCUT2D eigenvalue weighted by molar-refractivity contribution is 5.97. The third kappa shape index (κ3) is 28.2. The molecule has 1 saturated heterocycles. The molecular formula is C70H125N13O16. The van der Waals surface area contributed by atoms with Crippen LogP contribution in [0.1, 0.15) is 182 Å². The fourth-order valence-corrected chi connectivity index (χ4v) is 11.8. The molecule has 29 nitrogen and oxygen atoms in total. The Bertz CT molecular complexity index is 2730. The molecule has 99 heavy (non-hydrogen) atoms. The molecule has 0 aromatic rings. The summed E-state index contributed by atoms with van der Waals surface area (Å²) in [4.78, 5) is 205. The van der Waals surface area contributed by atoms with Crippen LogP contribution in [-0.2, 0) is 76.6 Å². The van der Waals surface area contributed by atoms with Crippen molar-refractivity contribution in [1.82, 2.24) is 67.0 Å². The summed E-state index contributed by atoms with van der Waals surface area (Å²) in [5, 5.41) is 21.9. The molecule has 0 radical (unpaired) electrons. The zero-order valence-electron chi connectivity index (χ0n) is 63.9. The molecule has 8 N–H and O–H groups in total. The number of hydrogen-bond acceptors (Lipinski definition) is 16. The quantitative estimate of drug-likeness (QED) is 0.0764. The minimum Gasteiger partial charge on any atom is -0.458 e. The Labute approximate surface area is 589 Å². The average molecular weight is 1400 g/mol. The Kier molecular flexibility index (Phi) is 39.1. The van der Waals surface area contributed by atoms with E-state index in [4.69, 9.17) is 9.47 Å². The first-order valence-electron chi connectivity index (χ1n) is 35.4. The van der Waals surface area contributed by atoms with Gasteiger partial charge in [0.05, 0.1) is 0 Å². The lowest BCUT2D eigenvalue weighted by atomic mass is 9.94. The number of hydrogen-bond donors (Lipinski definition) is 8. The van der Waals surface area contributed by atoms with Crippen LogP contribution in [0.4, 0.5) is 0 Å². The Hall–Kier alpha value is -7.46. The van der Waals surface area contributed by atoms with E-state index in [9.17, 15) is 62.3 Å². The smallest absolute Gasteiger partial charge is 0.329 e. The lowest BCUT2D eigenvalue weighted by Crippen LogP contribution is -2.61. The number of rotatable bonds is 21. The van der Waals surface area contributed by atoms with E-state index in [-0.39, 0.29) is 76.1 Å². The van der Waals surface area contributed by atoms with Gasteiger partial charge >= 0.3 is 5.97 Å². The van der Waals surface area contributed by atoms with Gasteiger partial charge in [-0.3, -0.25) is 62.3 Å². The van der Waals surface area contributed by atoms with Crippen LogP contribution in [-0.4, -0.2) is 242 Å². The van der Waals surface area contributed by atoms with E-state index >= 15 is 4.79 Å². The number of esters is 1. The molecule has 0 saturated carbocycles. The normalized spacial score (nSPS) is 24.8. The van der Waals surface area contributed by atoms with E-state index in [1.807, 2.05) is 55.4 Å². The summed E-state index contributed by atoms with van der Waals surface area (Å²) in [5.74, 6) is -12.4. The number of carbonyl (C=O) groups is 14. The van der Waals surface area contributed by atoms with E-state index in [2.05, 4.69) is 42.5 Å². The third-order valence-corrected chi connectivity index (χ3v) is 18.3. The third-order valence-electron chi connectivity index (χ3n) is 18.3. The van der Waals surface area contributed by atoms with Gasteiger partial charge in [0.2, 0.25) is 76.8 Å². The molecule has 1 fully saturated rings. The van der Waals surface area contributed by atoms with Gasteiger partial charge in [0.25, 0.3) is 0 Å². The number of ether oxygens (including phenoxy) is 2. The van der Waals surface area contributed by atoms with Crippen molar-refractivity contribution >= 4 is 82.8 Å². The first-order chi connectivity index (χ1) is 46.0. The molecule has 29 heteroatoms. The highest BCUT2D eigenvalue weighted by Crippen LogP contribution is 2.24. The molecule has 1 aliphatic rings. The predicted molar refractivity (Wildman–Crippen MR) is 375 cm³/mol. The Balaban J connectivity index is 4.20. The van der Waals surface area contributed by atoms with Crippen LogP contribution < -0.4 is 42.5 Å². The molecule has 0 spiro atoms. The second kappa shape index (κ2) is 43.3. The van der Waals surface area contributed by atoms with Gasteiger partial charge in [-0.1, -0.05) is 130 Å². The van der Waals surface area contributed by atoms with Crippen LogP contribution in [0.15, 0.2) is 0 Å². The Morgan fingerprint density at radius 3 is 1.51 bits per heavy atom. The first-order valence-corrected chi connectivity index (χ1v) is 35.4. The first kappa shape index (κ1) is 89.6. The minimum absolute atomic E-state index is 0.0631. The van der Waals surface area contributed by atoms with Crippen LogP contribution >= 0.6 is 0 Å². The van der Waals surface area contributed by atoms with Gasteiger partial charge in [-0.15, -0.1) is 0 Å². The van der Waals surface area contributed by atoms with Crippen LogP contribution in [0.5, 0.6) is 0 Å². The molecule has 0 aromatic heterocycles. The fraction of sp³-hybridized carbons (Fsp3) is 0.800. The van der Waals surface area contributed by atoms with Crippen molar-refractivity contribution in [3.05, 3.63) is 0 Å². The van der Waals surface area contributed by atoms with Crippen molar-refractivity contribution in [2.24, 2.45) is 47.3 Å². The molecule has 1 aliphatic heterocycles. The van der Waals surface area contributed by atoms with Crippen molar-refractivity contribution in [2.75, 3.05) is 68.6 Å². The molecule has 14 atom stereocenters. The summed E-state index contributed by atoms with van der Waals surface area (Å²) in [6.45, 7) is 30.3. The van der Waals surface area contributed by atoms with Crippen LogP contribution in [0.3, 0.4) is 0 Å². The van der Waals surface area contributed by atoms with Crippen LogP contribution in [0.25, 0.3) is 0 Å². The van der Waals surface area contributed by atoms with Gasteiger partial charge in [-0.25, -0.2) is 4.79 Å². The summed E-state index contributed by atoms with van der Waals surface area (Å²) in [6.07, 6.45) is -0.957. The monoisotopic (exact) mass is 1400 g/mol. The molecule has 1 heterocycles. The molecular weight excluding hydrogens is 1280 g/mol. The number of methoxy groups -OCH3 is 1. The number of likely N-dealkylation sites (N-methyl/N-ethyl adjacent to an activating group) is 5. The summed E-state index contributed by atoms with van der Waals surface area (Å²) in [5.41, 5.74) is 0. The largest absolute Gasteiger partial charge is 0.458 e. The van der Waals surface area contributed by atoms with E-state index in [1.54, 1.807) is 55.4 Å². The SMILES string of the molecule is CC[C@H](C)[C@H]1C(=O)NCCC(=O)N[C@H]([C@@H](C)CC)C(=O)N(C)[C@@H](C(C)C)C(=O)N[C@@H](C)C(=O)NCCC(=O)N[C@H](CC(C)C)C(=O)N(C)[C@H]([C@@H](C)CC)C(=O)O[C@H](C)[C@H](NC(=O)[C@@H](CC(C)C)N(C)C(=O)[C@@H](NC(=O)COC)C(C)C)C(=O)N(C)CCC(=O)N[C@H](CC(C)C)C(=O)N1C. The Morgan fingerprint density at radius 2 is 1.04 bits per heavy atom. The van der Waals surface area contributed by atoms with E-state index in [0.717, 1.165) is 4.90 Å². The highest BCUT2D eigenvalue weighted by atomic mass is 16.5. The standard InChI is InChI=1S/C70H125N13O16/c1-25-43(14)56-69(96)81(21)58(42(12)13)64(91)73-46(17)61(88)71-31-28-51(84)74-49(35-39(6)7)66(93)83(23)60(45(16)27-3)70(97)99-47(18)57(78-62(89)50(36-40(8)9)80(20)68(95)55(41(10)11)77-54(87)37-98-24)67(94)79(19)33-30-53(86)75-48(34-38(4)5)65(92)82(22)59(44(15)26-2)63(90)72-32-29-52(85)76-56/h38-50,55-60H,25-37H2,1-24H3,(H,71,88)(H,72,90)(H,73,91)(H,74,84)(H,75,86)(H,76,85)(H,77,87)(H,78,89)/t43-,44-,45-,46-,47+,48+,49+,50+,55-,56+,57-,58-,59-,60+/m0/s1. The van der Waals surface area contributed by atoms with Crippen molar-refractivity contribution in [3.63, 3.8) is 0 Å². The maximum atomic E-state index is 15.1. The van der Waals surface area contributed by atoms with Gasteiger partial charge in [-0.05, 0) is 80.5 Å². The predicted octanol–water partition coefficient (Wildman–Crippen LogP) is 2.26. The average Bonchev–Trinajstić information content (AvgIpc) is 0.839. The van der Waals surface area contributed by atoms with E-state index in [0.29, 0.717) is 19.3 Å². The topological polar surface area (TPSA) is 370 Å². The van der Waals surface area contributed by atoms with Crippen LogP contribution in [0.2, 0.25) is 0 Å². The van der Waals surface area contributed by atoms with Crippen LogP contribution in [0, 0.1) is 47.3 Å². The van der Waals surface area contributed by atoms with Gasteiger partial charge < -0.3 is 76.5 Å². The molecule has 0 aliphatic carbocycles. The Morgan fingerprint density at radius 1 is 0.576 bits per heavy atom. The molecule has 1 rings (SSSR count). The van der Waals surface area contributed by atoms with Gasteiger partial charge in [-0.2, -0.15) is 0 Å². The number of nitrogens with one attached hydrogen (secondary N) is 8. The molecule has 0 unspecified atom stereocenters. The van der Waals surface area contributed by atoms with Gasteiger partial charge in [0.15, 0.2) is 0 Å². The van der Waals surface area contributed by atoms with Crippen molar-refractivity contribution in [2.45, 2.75) is 249 Å². The summed E-state index contributed by atoms with van der Waals surface area (Å²) >= 11 is 0. The number of cyclic esters (lactones) is 1. The van der Waals surface area contributed by atoms with Crippen molar-refractivity contribution < 1.29 is 76.6 Å². The summed E-state index contributed by atoms with van der Waals surface area (Å²) in [7, 11) is 8.34. The van der Waals surface area contributed by atoms with Crippen molar-refractivity contribution in [1.29, 1.82) is 0 Å². The lowest BCUT2D eigenvalue weighted by Gasteiger charge is -2.37. The maximum absolute atomic E-state index is 15.1. The zero-order valence-corrected chi connectivity index (χ0v) is 63.9. The molecule has 0 bridgehead atoms. The van der Waals surface area contributed by atoms with Gasteiger partial charge in [0, 0.05) is 81.2 Å². The number of nitrogens with zero attached hydrogens (tertiary/aromatic N) is 5. The molecule has 566 valence electrons. The fourth-order valence-electron chi connectivity index (χ4n) is 11.8. The number of carbonyl (C=O) groups excluding carboxylic acids is 14. The lowest BCUT2D eigenvalue weighted by molar-refractivity contribution is -0.164. The molecule has 0 aromatic carbocycles. The summed E-state index contributed by atoms with van der Waals surface area (Å²) < 4.78 is 11.1. The van der Waals surface area contributed by atoms with E-state index in [1.165, 1.54) is 75.8 Å². The second-order valence-corrected chi connectivity index (χ2v) is 28.9. The zero-order chi connectivity index (χ0) is 76.2. The van der Waals surface area contributed by atoms with Gasteiger partial charge in [0.1, 0.15) is 73.1 Å². The highest BCUT2D eigenvalue weighted by Gasteiger charge is 2.43. The molecule has 13 amide bonds. The van der Waals surface area contributed by atoms with Crippen molar-refractivity contribution in [3.8, 4) is 0 Å². The second-order valence-electron chi connectivity index (χ2n) is 28.9. The number of amides is 13. The summed E-state index contributed by atoms with van der Waals surface area (Å²) in [6, 6.07) is -12.2. The maximum Gasteiger partial charge on any atom is 0.329 e. The minimum atomic E-state index is -1.71. The van der Waals surface area contributed by atoms with E-state index < -0.39 is 185 Å².